The molecular formula is C12H20N4. The molecule has 1 aromatic rings. The van der Waals surface area contributed by atoms with E-state index in [1.165, 1.54) is 0 Å². The number of hydrogen-bond donors (Lipinski definition) is 1. The summed E-state index contributed by atoms with van der Waals surface area (Å²) in [4.78, 5) is 9.14. The number of rotatable bonds is 2. The van der Waals surface area contributed by atoms with Crippen molar-refractivity contribution in [3.05, 3.63) is 23.9 Å². The Balaban J connectivity index is 2.04. The van der Waals surface area contributed by atoms with E-state index in [0.29, 0.717) is 0 Å². The summed E-state index contributed by atoms with van der Waals surface area (Å²) < 4.78 is 0. The van der Waals surface area contributed by atoms with Gasteiger partial charge in [-0.1, -0.05) is 6.07 Å². The molecule has 0 aromatic carbocycles. The zero-order valence-corrected chi connectivity index (χ0v) is 10.1. The van der Waals surface area contributed by atoms with E-state index in [4.69, 9.17) is 5.73 Å². The van der Waals surface area contributed by atoms with Crippen LogP contribution in [-0.2, 0) is 0 Å². The number of anilines is 1. The van der Waals surface area contributed by atoms with Gasteiger partial charge in [0, 0.05) is 38.4 Å². The van der Waals surface area contributed by atoms with Crippen molar-refractivity contribution in [2.24, 2.45) is 5.73 Å². The molecule has 2 heterocycles. The van der Waals surface area contributed by atoms with Crippen LogP contribution in [0.1, 0.15) is 18.5 Å². The van der Waals surface area contributed by atoms with Crippen LogP contribution < -0.4 is 10.6 Å². The molecule has 1 saturated heterocycles. The first-order chi connectivity index (χ1) is 7.66. The highest BCUT2D eigenvalue weighted by Gasteiger charge is 2.15. The van der Waals surface area contributed by atoms with Crippen LogP contribution in [-0.4, -0.2) is 43.1 Å². The van der Waals surface area contributed by atoms with Gasteiger partial charge in [-0.2, -0.15) is 0 Å². The lowest BCUT2D eigenvalue weighted by molar-refractivity contribution is 0.312. The maximum Gasteiger partial charge on any atom is 0.128 e. The van der Waals surface area contributed by atoms with Crippen LogP contribution in [0, 0.1) is 0 Å². The van der Waals surface area contributed by atoms with Crippen LogP contribution in [0.15, 0.2) is 18.3 Å². The zero-order valence-electron chi connectivity index (χ0n) is 10.1. The molecule has 0 aliphatic carbocycles. The molecule has 4 nitrogen and oxygen atoms in total. The van der Waals surface area contributed by atoms with Crippen LogP contribution in [0.25, 0.3) is 0 Å². The van der Waals surface area contributed by atoms with Gasteiger partial charge in [0.15, 0.2) is 0 Å². The van der Waals surface area contributed by atoms with Gasteiger partial charge in [0.05, 0.1) is 0 Å². The van der Waals surface area contributed by atoms with Gasteiger partial charge in [0.1, 0.15) is 5.82 Å². The number of nitrogens with two attached hydrogens (primary N) is 1. The molecule has 1 aliphatic rings. The lowest BCUT2D eigenvalue weighted by Crippen LogP contribution is -2.44. The molecule has 0 saturated carbocycles. The fourth-order valence-electron chi connectivity index (χ4n) is 1.89. The molecule has 88 valence electrons. The van der Waals surface area contributed by atoms with Crippen molar-refractivity contribution in [2.45, 2.75) is 13.0 Å². The maximum atomic E-state index is 5.80. The number of nitrogens with zero attached hydrogens (tertiary/aromatic N) is 3. The number of likely N-dealkylation sites (N-methyl/N-ethyl adjacent to an activating group) is 1. The summed E-state index contributed by atoms with van der Waals surface area (Å²) in [5, 5.41) is 0. The Labute approximate surface area is 97.1 Å². The van der Waals surface area contributed by atoms with E-state index in [1.54, 1.807) is 0 Å². The van der Waals surface area contributed by atoms with E-state index in [0.717, 1.165) is 37.6 Å². The first-order valence-electron chi connectivity index (χ1n) is 5.82. The highest BCUT2D eigenvalue weighted by molar-refractivity contribution is 5.40. The van der Waals surface area contributed by atoms with Crippen molar-refractivity contribution in [1.29, 1.82) is 0 Å². The standard InChI is InChI=1S/C12H20N4/c1-10(13)11-3-4-12(14-9-11)16-7-5-15(2)6-8-16/h3-4,9-10H,5-8,13H2,1-2H3. The predicted octanol–water partition coefficient (Wildman–Crippen LogP) is 0.853. The smallest absolute Gasteiger partial charge is 0.128 e. The van der Waals surface area contributed by atoms with Crippen LogP contribution >= 0.6 is 0 Å². The zero-order chi connectivity index (χ0) is 11.5. The SMILES string of the molecule is CC(N)c1ccc(N2CCN(C)CC2)nc1. The average Bonchev–Trinajstić information content (AvgIpc) is 2.30. The molecule has 4 heteroatoms. The van der Waals surface area contributed by atoms with Crippen LogP contribution in [0.4, 0.5) is 5.82 Å². The van der Waals surface area contributed by atoms with Crippen LogP contribution in [0.3, 0.4) is 0 Å². The second-order valence-electron chi connectivity index (χ2n) is 4.53. The molecule has 0 radical (unpaired) electrons. The molecule has 2 rings (SSSR count). The highest BCUT2D eigenvalue weighted by atomic mass is 15.3. The normalized spacial score (nSPS) is 19.8. The summed E-state index contributed by atoms with van der Waals surface area (Å²) in [5.41, 5.74) is 6.90. The lowest BCUT2D eigenvalue weighted by Gasteiger charge is -2.33. The van der Waals surface area contributed by atoms with Gasteiger partial charge in [0.25, 0.3) is 0 Å². The highest BCUT2D eigenvalue weighted by Crippen LogP contribution is 2.15. The van der Waals surface area contributed by atoms with Crippen molar-refractivity contribution >= 4 is 5.82 Å². The quantitative estimate of drug-likeness (QED) is 0.802. The maximum absolute atomic E-state index is 5.80. The minimum atomic E-state index is 0.0639. The molecule has 0 spiro atoms. The summed E-state index contributed by atoms with van der Waals surface area (Å²) in [7, 11) is 2.16. The van der Waals surface area contributed by atoms with Gasteiger partial charge in [0.2, 0.25) is 0 Å². The van der Waals surface area contributed by atoms with Gasteiger partial charge in [-0.05, 0) is 25.6 Å². The summed E-state index contributed by atoms with van der Waals surface area (Å²) in [6.45, 7) is 6.31. The van der Waals surface area contributed by atoms with Crippen molar-refractivity contribution in [3.8, 4) is 0 Å². The van der Waals surface area contributed by atoms with Crippen molar-refractivity contribution in [2.75, 3.05) is 38.1 Å². The summed E-state index contributed by atoms with van der Waals surface area (Å²) in [6.07, 6.45) is 1.89. The summed E-state index contributed by atoms with van der Waals surface area (Å²) in [5.74, 6) is 1.07. The molecule has 2 N–H and O–H groups in total. The Morgan fingerprint density at radius 1 is 1.25 bits per heavy atom. The molecule has 0 amide bonds. The largest absolute Gasteiger partial charge is 0.354 e. The number of pyridine rings is 1. The summed E-state index contributed by atoms with van der Waals surface area (Å²) >= 11 is 0. The third kappa shape index (κ3) is 2.51. The van der Waals surface area contributed by atoms with Gasteiger partial charge < -0.3 is 15.5 Å². The van der Waals surface area contributed by atoms with Gasteiger partial charge in [-0.3, -0.25) is 0 Å². The van der Waals surface area contributed by atoms with Crippen LogP contribution in [0.2, 0.25) is 0 Å². The molecule has 16 heavy (non-hydrogen) atoms. The van der Waals surface area contributed by atoms with E-state index >= 15 is 0 Å². The van der Waals surface area contributed by atoms with E-state index in [9.17, 15) is 0 Å². The molecular weight excluding hydrogens is 200 g/mol. The van der Waals surface area contributed by atoms with Crippen molar-refractivity contribution in [1.82, 2.24) is 9.88 Å². The number of piperazine rings is 1. The molecule has 1 aromatic heterocycles. The van der Waals surface area contributed by atoms with E-state index in [2.05, 4.69) is 34.0 Å². The van der Waals surface area contributed by atoms with Gasteiger partial charge in [-0.25, -0.2) is 4.98 Å². The third-order valence-corrected chi connectivity index (χ3v) is 3.12. The fraction of sp³-hybridized carbons (Fsp3) is 0.583. The lowest BCUT2D eigenvalue weighted by atomic mass is 10.1. The third-order valence-electron chi connectivity index (χ3n) is 3.12. The second kappa shape index (κ2) is 4.80. The Hall–Kier alpha value is -1.13. The minimum Gasteiger partial charge on any atom is -0.354 e. The van der Waals surface area contributed by atoms with E-state index < -0.39 is 0 Å². The van der Waals surface area contributed by atoms with Crippen molar-refractivity contribution in [3.63, 3.8) is 0 Å². The minimum absolute atomic E-state index is 0.0639. The Morgan fingerprint density at radius 3 is 2.44 bits per heavy atom. The van der Waals surface area contributed by atoms with Crippen molar-refractivity contribution < 1.29 is 0 Å². The number of hydrogen-bond acceptors (Lipinski definition) is 4. The fourth-order valence-corrected chi connectivity index (χ4v) is 1.89. The first-order valence-corrected chi connectivity index (χ1v) is 5.82. The molecule has 0 bridgehead atoms. The average molecular weight is 220 g/mol. The van der Waals surface area contributed by atoms with E-state index in [1.807, 2.05) is 13.1 Å². The molecule has 1 aliphatic heterocycles. The van der Waals surface area contributed by atoms with E-state index in [-0.39, 0.29) is 6.04 Å². The first kappa shape index (κ1) is 11.4. The number of aromatic nitrogens is 1. The Morgan fingerprint density at radius 2 is 1.94 bits per heavy atom. The Bertz CT molecular complexity index is 325. The monoisotopic (exact) mass is 220 g/mol. The molecule has 1 unspecified atom stereocenters. The molecule has 1 fully saturated rings. The van der Waals surface area contributed by atoms with Gasteiger partial charge >= 0.3 is 0 Å². The Kier molecular flexibility index (Phi) is 3.41. The predicted molar refractivity (Wildman–Crippen MR) is 66.5 cm³/mol. The van der Waals surface area contributed by atoms with Crippen LogP contribution in [0.5, 0.6) is 0 Å². The summed E-state index contributed by atoms with van der Waals surface area (Å²) in [6, 6.07) is 4.21. The molecule has 1 atom stereocenters. The van der Waals surface area contributed by atoms with Gasteiger partial charge in [-0.15, -0.1) is 0 Å². The second-order valence-corrected chi connectivity index (χ2v) is 4.53. The topological polar surface area (TPSA) is 45.4 Å².